The normalized spacial score (nSPS) is 11.6. The van der Waals surface area contributed by atoms with Gasteiger partial charge in [0.2, 0.25) is 0 Å². The summed E-state index contributed by atoms with van der Waals surface area (Å²) < 4.78 is 26.6. The minimum atomic E-state index is -0.399. The number of hydrogen-bond donors (Lipinski definition) is 1. The fourth-order valence-electron chi connectivity index (χ4n) is 2.20. The van der Waals surface area contributed by atoms with Crippen LogP contribution in [0.4, 0.5) is 8.78 Å². The Bertz CT molecular complexity index is 564. The summed E-state index contributed by atoms with van der Waals surface area (Å²) in [5.41, 5.74) is 1.37. The van der Waals surface area contributed by atoms with Crippen LogP contribution >= 0.6 is 0 Å². The van der Waals surface area contributed by atoms with Gasteiger partial charge in [0.1, 0.15) is 11.6 Å². The Hall–Kier alpha value is -1.74. The summed E-state index contributed by atoms with van der Waals surface area (Å²) in [6.45, 7) is 4.73. The molecule has 0 atom stereocenters. The van der Waals surface area contributed by atoms with E-state index in [0.717, 1.165) is 6.07 Å². The summed E-state index contributed by atoms with van der Waals surface area (Å²) in [5.74, 6) is -0.755. The molecule has 3 heteroatoms. The van der Waals surface area contributed by atoms with Gasteiger partial charge in [0.05, 0.1) is 0 Å². The number of halogens is 2. The van der Waals surface area contributed by atoms with Crippen LogP contribution in [0.5, 0.6) is 0 Å². The maximum absolute atomic E-state index is 13.5. The quantitative estimate of drug-likeness (QED) is 0.868. The molecule has 0 saturated carbocycles. The van der Waals surface area contributed by atoms with Gasteiger partial charge in [0.25, 0.3) is 0 Å². The van der Waals surface area contributed by atoms with Crippen molar-refractivity contribution >= 4 is 0 Å². The average molecular weight is 275 g/mol. The molecule has 0 spiro atoms. The Morgan fingerprint density at radius 2 is 1.70 bits per heavy atom. The van der Waals surface area contributed by atoms with Gasteiger partial charge >= 0.3 is 0 Å². The number of benzene rings is 2. The molecule has 0 fully saturated rings. The van der Waals surface area contributed by atoms with Crippen molar-refractivity contribution in [3.63, 3.8) is 0 Å². The van der Waals surface area contributed by atoms with Gasteiger partial charge in [-0.3, -0.25) is 0 Å². The second-order valence-electron chi connectivity index (χ2n) is 5.40. The lowest BCUT2D eigenvalue weighted by Gasteiger charge is -2.27. The van der Waals surface area contributed by atoms with Crippen molar-refractivity contribution in [3.8, 4) is 0 Å². The minimum absolute atomic E-state index is 0.203. The molecular weight excluding hydrogens is 256 g/mol. The molecule has 0 unspecified atom stereocenters. The van der Waals surface area contributed by atoms with Crippen molar-refractivity contribution in [2.75, 3.05) is 6.54 Å². The van der Waals surface area contributed by atoms with Crippen LogP contribution in [0.15, 0.2) is 48.5 Å². The lowest BCUT2D eigenvalue weighted by Crippen LogP contribution is -2.37. The highest BCUT2D eigenvalue weighted by Gasteiger charge is 2.18. The van der Waals surface area contributed by atoms with Crippen LogP contribution in [0.25, 0.3) is 0 Å². The molecule has 20 heavy (non-hydrogen) atoms. The van der Waals surface area contributed by atoms with Crippen LogP contribution < -0.4 is 5.32 Å². The van der Waals surface area contributed by atoms with Crippen LogP contribution in [0.3, 0.4) is 0 Å². The second kappa shape index (κ2) is 6.14. The molecule has 2 rings (SSSR count). The third kappa shape index (κ3) is 3.64. The summed E-state index contributed by atoms with van der Waals surface area (Å²) in [7, 11) is 0. The Labute approximate surface area is 118 Å². The number of rotatable bonds is 5. The van der Waals surface area contributed by atoms with E-state index in [9.17, 15) is 8.78 Å². The second-order valence-corrected chi connectivity index (χ2v) is 5.40. The Morgan fingerprint density at radius 3 is 2.40 bits per heavy atom. The standard InChI is InChI=1S/C17H19F2N/c1-17(2,14-6-4-3-5-7-14)20-11-10-13-12-15(18)8-9-16(13)19/h3-9,12,20H,10-11H2,1-2H3. The van der Waals surface area contributed by atoms with Gasteiger partial charge < -0.3 is 5.32 Å². The molecule has 0 aliphatic rings. The van der Waals surface area contributed by atoms with E-state index in [1.165, 1.54) is 17.7 Å². The SMILES string of the molecule is CC(C)(NCCc1cc(F)ccc1F)c1ccccc1. The van der Waals surface area contributed by atoms with Crippen molar-refractivity contribution in [1.82, 2.24) is 5.32 Å². The number of nitrogens with one attached hydrogen (secondary N) is 1. The first-order valence-corrected chi connectivity index (χ1v) is 6.73. The highest BCUT2D eigenvalue weighted by Crippen LogP contribution is 2.19. The zero-order valence-corrected chi connectivity index (χ0v) is 11.8. The molecule has 0 heterocycles. The van der Waals surface area contributed by atoms with Crippen molar-refractivity contribution in [1.29, 1.82) is 0 Å². The largest absolute Gasteiger partial charge is 0.307 e. The van der Waals surface area contributed by atoms with Gasteiger partial charge in [-0.05, 0) is 49.6 Å². The van der Waals surface area contributed by atoms with Gasteiger partial charge in [-0.2, -0.15) is 0 Å². The highest BCUT2D eigenvalue weighted by molar-refractivity contribution is 5.23. The van der Waals surface area contributed by atoms with Crippen LogP contribution in [0.2, 0.25) is 0 Å². The predicted octanol–water partition coefficient (Wildman–Crippen LogP) is 4.03. The van der Waals surface area contributed by atoms with Crippen molar-refractivity contribution in [2.45, 2.75) is 25.8 Å². The Kier molecular flexibility index (Phi) is 4.50. The predicted molar refractivity (Wildman–Crippen MR) is 77.5 cm³/mol. The van der Waals surface area contributed by atoms with Crippen LogP contribution in [0, 0.1) is 11.6 Å². The van der Waals surface area contributed by atoms with E-state index < -0.39 is 5.82 Å². The first-order chi connectivity index (χ1) is 9.49. The first-order valence-electron chi connectivity index (χ1n) is 6.73. The average Bonchev–Trinajstić information content (AvgIpc) is 2.43. The van der Waals surface area contributed by atoms with Gasteiger partial charge in [0, 0.05) is 12.1 Å². The summed E-state index contributed by atoms with van der Waals surface area (Å²) in [6, 6.07) is 13.6. The first kappa shape index (κ1) is 14.7. The Morgan fingerprint density at radius 1 is 1.00 bits per heavy atom. The van der Waals surface area contributed by atoms with Crippen molar-refractivity contribution < 1.29 is 8.78 Å². The summed E-state index contributed by atoms with van der Waals surface area (Å²) >= 11 is 0. The van der Waals surface area contributed by atoms with E-state index in [1.54, 1.807) is 0 Å². The van der Waals surface area contributed by atoms with E-state index in [0.29, 0.717) is 18.5 Å². The molecule has 1 nitrogen and oxygen atoms in total. The number of hydrogen-bond acceptors (Lipinski definition) is 1. The molecule has 1 N–H and O–H groups in total. The maximum atomic E-state index is 13.5. The lowest BCUT2D eigenvalue weighted by atomic mass is 9.94. The van der Waals surface area contributed by atoms with E-state index >= 15 is 0 Å². The molecule has 0 amide bonds. The third-order valence-electron chi connectivity index (χ3n) is 3.46. The molecule has 0 bridgehead atoms. The van der Waals surface area contributed by atoms with Gasteiger partial charge in [-0.15, -0.1) is 0 Å². The van der Waals surface area contributed by atoms with Gasteiger partial charge in [-0.1, -0.05) is 30.3 Å². The summed E-state index contributed by atoms with van der Waals surface area (Å²) in [5, 5.41) is 3.38. The van der Waals surface area contributed by atoms with Crippen molar-refractivity contribution in [3.05, 3.63) is 71.3 Å². The molecule has 0 saturated heterocycles. The molecule has 2 aromatic rings. The topological polar surface area (TPSA) is 12.0 Å². The van der Waals surface area contributed by atoms with Gasteiger partial charge in [-0.25, -0.2) is 8.78 Å². The maximum Gasteiger partial charge on any atom is 0.126 e. The fourth-order valence-corrected chi connectivity index (χ4v) is 2.20. The van der Waals surface area contributed by atoms with Crippen LogP contribution in [-0.2, 0) is 12.0 Å². The molecular formula is C17H19F2N. The van der Waals surface area contributed by atoms with E-state index in [1.807, 2.05) is 18.2 Å². The minimum Gasteiger partial charge on any atom is -0.307 e. The van der Waals surface area contributed by atoms with E-state index in [2.05, 4.69) is 31.3 Å². The van der Waals surface area contributed by atoms with E-state index in [-0.39, 0.29) is 11.4 Å². The Balaban J connectivity index is 1.97. The van der Waals surface area contributed by atoms with Crippen molar-refractivity contribution in [2.24, 2.45) is 0 Å². The van der Waals surface area contributed by atoms with Gasteiger partial charge in [0.15, 0.2) is 0 Å². The summed E-state index contributed by atoms with van der Waals surface area (Å²) in [6.07, 6.45) is 0.458. The fraction of sp³-hybridized carbons (Fsp3) is 0.294. The lowest BCUT2D eigenvalue weighted by molar-refractivity contribution is 0.405. The molecule has 0 aliphatic carbocycles. The van der Waals surface area contributed by atoms with Crippen LogP contribution in [0.1, 0.15) is 25.0 Å². The molecule has 0 aliphatic heterocycles. The third-order valence-corrected chi connectivity index (χ3v) is 3.46. The zero-order chi connectivity index (χ0) is 14.6. The monoisotopic (exact) mass is 275 g/mol. The highest BCUT2D eigenvalue weighted by atomic mass is 19.1. The van der Waals surface area contributed by atoms with E-state index in [4.69, 9.17) is 0 Å². The molecule has 2 aromatic carbocycles. The zero-order valence-electron chi connectivity index (χ0n) is 11.8. The molecule has 0 radical (unpaired) electrons. The van der Waals surface area contributed by atoms with Crippen LogP contribution in [-0.4, -0.2) is 6.54 Å². The summed E-state index contributed by atoms with van der Waals surface area (Å²) in [4.78, 5) is 0. The molecule has 0 aromatic heterocycles. The molecule has 106 valence electrons. The smallest absolute Gasteiger partial charge is 0.126 e.